The largest absolute Gasteiger partial charge is 0.416 e. The highest BCUT2D eigenvalue weighted by molar-refractivity contribution is 5.97. The molecule has 0 radical (unpaired) electrons. The SMILES string of the molecule is CC(NC(=O)c1cc(C(F)(F)F)cc(C(F)(F)F)c1)C(=O)NC(C)(C)C. The first-order valence-electron chi connectivity index (χ1n) is 7.43. The lowest BCUT2D eigenvalue weighted by Crippen LogP contribution is -2.50. The van der Waals surface area contributed by atoms with Crippen LogP contribution in [-0.4, -0.2) is 23.4 Å². The number of halogens is 6. The molecule has 0 aliphatic rings. The third kappa shape index (κ3) is 6.23. The molecule has 26 heavy (non-hydrogen) atoms. The van der Waals surface area contributed by atoms with E-state index in [1.807, 2.05) is 0 Å². The van der Waals surface area contributed by atoms with Gasteiger partial charge in [0, 0.05) is 11.1 Å². The van der Waals surface area contributed by atoms with Crippen LogP contribution < -0.4 is 10.6 Å². The maximum absolute atomic E-state index is 12.8. The molecule has 1 atom stereocenters. The highest BCUT2D eigenvalue weighted by Crippen LogP contribution is 2.36. The van der Waals surface area contributed by atoms with Crippen LogP contribution in [0.3, 0.4) is 0 Å². The molecule has 4 nitrogen and oxygen atoms in total. The number of alkyl halides is 6. The van der Waals surface area contributed by atoms with E-state index in [0.29, 0.717) is 12.1 Å². The third-order valence-corrected chi connectivity index (χ3v) is 3.09. The Bertz CT molecular complexity index is 657. The quantitative estimate of drug-likeness (QED) is 0.780. The number of amides is 2. The van der Waals surface area contributed by atoms with E-state index in [1.165, 1.54) is 6.92 Å². The van der Waals surface area contributed by atoms with Gasteiger partial charge >= 0.3 is 12.4 Å². The van der Waals surface area contributed by atoms with E-state index in [4.69, 9.17) is 0 Å². The molecule has 146 valence electrons. The summed E-state index contributed by atoms with van der Waals surface area (Å²) in [7, 11) is 0. The molecule has 1 unspecified atom stereocenters. The summed E-state index contributed by atoms with van der Waals surface area (Å²) in [5.74, 6) is -1.85. The van der Waals surface area contributed by atoms with Gasteiger partial charge in [0.15, 0.2) is 0 Å². The van der Waals surface area contributed by atoms with Gasteiger partial charge in [-0.3, -0.25) is 9.59 Å². The molecular weight excluding hydrogens is 366 g/mol. The summed E-state index contributed by atoms with van der Waals surface area (Å²) in [4.78, 5) is 23.9. The molecule has 0 fully saturated rings. The first kappa shape index (κ1) is 21.8. The minimum atomic E-state index is -5.06. The van der Waals surface area contributed by atoms with Crippen LogP contribution in [0, 0.1) is 0 Å². The van der Waals surface area contributed by atoms with Crippen molar-refractivity contribution in [3.63, 3.8) is 0 Å². The van der Waals surface area contributed by atoms with Crippen molar-refractivity contribution in [2.45, 2.75) is 51.6 Å². The van der Waals surface area contributed by atoms with Crippen molar-refractivity contribution in [2.24, 2.45) is 0 Å². The van der Waals surface area contributed by atoms with Crippen molar-refractivity contribution in [3.05, 3.63) is 34.9 Å². The van der Waals surface area contributed by atoms with Crippen LogP contribution in [0.4, 0.5) is 26.3 Å². The standard InChI is InChI=1S/C16H18F6N2O2/c1-8(12(25)24-14(2,3)4)23-13(26)9-5-10(15(17,18)19)7-11(6-9)16(20,21)22/h5-8H,1-4H3,(H,23,26)(H,24,25). The number of nitrogens with one attached hydrogen (secondary N) is 2. The van der Waals surface area contributed by atoms with E-state index >= 15 is 0 Å². The maximum atomic E-state index is 12.8. The zero-order chi connectivity index (χ0) is 20.5. The van der Waals surface area contributed by atoms with Gasteiger partial charge in [-0.1, -0.05) is 0 Å². The van der Waals surface area contributed by atoms with Crippen LogP contribution in [0.25, 0.3) is 0 Å². The fourth-order valence-corrected chi connectivity index (χ4v) is 1.91. The second-order valence-corrected chi connectivity index (χ2v) is 6.73. The summed E-state index contributed by atoms with van der Waals surface area (Å²) < 4.78 is 76.9. The fourth-order valence-electron chi connectivity index (χ4n) is 1.91. The number of benzene rings is 1. The van der Waals surface area contributed by atoms with Crippen molar-refractivity contribution in [3.8, 4) is 0 Å². The van der Waals surface area contributed by atoms with Crippen molar-refractivity contribution >= 4 is 11.8 Å². The Hall–Kier alpha value is -2.26. The molecule has 0 saturated heterocycles. The van der Waals surface area contributed by atoms with Crippen molar-refractivity contribution in [1.82, 2.24) is 10.6 Å². The predicted octanol–water partition coefficient (Wildman–Crippen LogP) is 3.76. The topological polar surface area (TPSA) is 58.2 Å². The zero-order valence-electron chi connectivity index (χ0n) is 14.4. The summed E-state index contributed by atoms with van der Waals surface area (Å²) >= 11 is 0. The summed E-state index contributed by atoms with van der Waals surface area (Å²) in [6, 6.07) is -0.629. The van der Waals surface area contributed by atoms with Crippen molar-refractivity contribution < 1.29 is 35.9 Å². The Labute approximate surface area is 145 Å². The Balaban J connectivity index is 3.14. The minimum absolute atomic E-state index is 0.0769. The van der Waals surface area contributed by atoms with Crippen LogP contribution in [-0.2, 0) is 17.1 Å². The van der Waals surface area contributed by atoms with Crippen LogP contribution >= 0.6 is 0 Å². The highest BCUT2D eigenvalue weighted by Gasteiger charge is 2.37. The Morgan fingerprint density at radius 1 is 0.885 bits per heavy atom. The molecule has 0 saturated carbocycles. The molecule has 0 spiro atoms. The number of rotatable bonds is 3. The smallest absolute Gasteiger partial charge is 0.350 e. The maximum Gasteiger partial charge on any atom is 0.416 e. The minimum Gasteiger partial charge on any atom is -0.350 e. The van der Waals surface area contributed by atoms with Crippen molar-refractivity contribution in [1.29, 1.82) is 0 Å². The number of carbonyl (C=O) groups excluding carboxylic acids is 2. The van der Waals surface area contributed by atoms with Crippen molar-refractivity contribution in [2.75, 3.05) is 0 Å². The molecule has 2 N–H and O–H groups in total. The average molecular weight is 384 g/mol. The Kier molecular flexibility index (Phi) is 6.00. The third-order valence-electron chi connectivity index (χ3n) is 3.09. The summed E-state index contributed by atoms with van der Waals surface area (Å²) in [5, 5.41) is 4.62. The monoisotopic (exact) mass is 384 g/mol. The molecule has 1 aromatic carbocycles. The molecule has 0 aromatic heterocycles. The van der Waals surface area contributed by atoms with E-state index in [9.17, 15) is 35.9 Å². The lowest BCUT2D eigenvalue weighted by Gasteiger charge is -2.23. The number of hydrogen-bond donors (Lipinski definition) is 2. The molecule has 0 bridgehead atoms. The average Bonchev–Trinajstić information content (AvgIpc) is 2.42. The van der Waals surface area contributed by atoms with Crippen LogP contribution in [0.15, 0.2) is 18.2 Å². The molecule has 0 aliphatic heterocycles. The fraction of sp³-hybridized carbons (Fsp3) is 0.500. The normalized spacial score (nSPS) is 13.9. The van der Waals surface area contributed by atoms with Gasteiger partial charge in [0.2, 0.25) is 5.91 Å². The van der Waals surface area contributed by atoms with Crippen LogP contribution in [0.5, 0.6) is 0 Å². The Morgan fingerprint density at radius 3 is 1.65 bits per heavy atom. The first-order valence-corrected chi connectivity index (χ1v) is 7.43. The number of carbonyl (C=O) groups is 2. The molecule has 0 heterocycles. The van der Waals surface area contributed by atoms with E-state index in [2.05, 4.69) is 10.6 Å². The molecule has 0 aliphatic carbocycles. The summed E-state index contributed by atoms with van der Waals surface area (Å²) in [6.45, 7) is 6.27. The van der Waals surface area contributed by atoms with Gasteiger partial charge in [0.25, 0.3) is 5.91 Å². The van der Waals surface area contributed by atoms with Gasteiger partial charge < -0.3 is 10.6 Å². The van der Waals surface area contributed by atoms with Gasteiger partial charge in [-0.25, -0.2) is 0 Å². The Morgan fingerprint density at radius 2 is 1.31 bits per heavy atom. The molecule has 1 aromatic rings. The highest BCUT2D eigenvalue weighted by atomic mass is 19.4. The van der Waals surface area contributed by atoms with Crippen LogP contribution in [0.1, 0.15) is 49.2 Å². The van der Waals surface area contributed by atoms with E-state index in [-0.39, 0.29) is 6.07 Å². The molecule has 1 rings (SSSR count). The lowest BCUT2D eigenvalue weighted by molar-refractivity contribution is -0.143. The van der Waals surface area contributed by atoms with E-state index in [1.54, 1.807) is 20.8 Å². The first-order chi connectivity index (χ1) is 11.5. The predicted molar refractivity (Wildman–Crippen MR) is 81.3 cm³/mol. The van der Waals surface area contributed by atoms with Gasteiger partial charge in [-0.05, 0) is 45.9 Å². The summed E-state index contributed by atoms with van der Waals surface area (Å²) in [5.41, 5.74) is -4.69. The second kappa shape index (κ2) is 7.16. The van der Waals surface area contributed by atoms with Gasteiger partial charge in [0.05, 0.1) is 11.1 Å². The van der Waals surface area contributed by atoms with Gasteiger partial charge in [-0.2, -0.15) is 26.3 Å². The van der Waals surface area contributed by atoms with E-state index in [0.717, 1.165) is 0 Å². The second-order valence-electron chi connectivity index (χ2n) is 6.73. The number of hydrogen-bond acceptors (Lipinski definition) is 2. The molecule has 2 amide bonds. The van der Waals surface area contributed by atoms with Gasteiger partial charge in [-0.15, -0.1) is 0 Å². The zero-order valence-corrected chi connectivity index (χ0v) is 14.4. The molecule has 10 heteroatoms. The van der Waals surface area contributed by atoms with E-state index < -0.39 is 52.4 Å². The van der Waals surface area contributed by atoms with Gasteiger partial charge in [0.1, 0.15) is 6.04 Å². The molecular formula is C16H18F6N2O2. The summed E-state index contributed by atoms with van der Waals surface area (Å²) in [6.07, 6.45) is -10.1. The van der Waals surface area contributed by atoms with Crippen LogP contribution in [0.2, 0.25) is 0 Å². The lowest BCUT2D eigenvalue weighted by atomic mass is 10.0.